The van der Waals surface area contributed by atoms with Crippen LogP contribution in [-0.4, -0.2) is 11.1 Å². The molecule has 0 unspecified atom stereocenters. The van der Waals surface area contributed by atoms with Gasteiger partial charge in [-0.1, -0.05) is 68.8 Å². The first-order valence-corrected chi connectivity index (χ1v) is 7.88. The number of hydrogen-bond donors (Lipinski definition) is 1. The Balaban J connectivity index is 2.43. The third-order valence-electron chi connectivity index (χ3n) is 3.80. The summed E-state index contributed by atoms with van der Waals surface area (Å²) in [5.41, 5.74) is 3.90. The molecule has 0 aliphatic carbocycles. The van der Waals surface area contributed by atoms with Crippen molar-refractivity contribution in [1.29, 1.82) is 0 Å². The maximum atomic E-state index is 11.6. The number of carboxylic acids is 1. The van der Waals surface area contributed by atoms with E-state index < -0.39 is 5.97 Å². The zero-order chi connectivity index (χ0) is 17.2. The van der Waals surface area contributed by atoms with Crippen LogP contribution in [0.4, 0.5) is 0 Å². The lowest BCUT2D eigenvalue weighted by Gasteiger charge is -2.18. The van der Waals surface area contributed by atoms with Gasteiger partial charge in [0.15, 0.2) is 0 Å². The number of halogens is 1. The molecule has 0 saturated heterocycles. The second kappa shape index (κ2) is 6.59. The Morgan fingerprint density at radius 2 is 1.70 bits per heavy atom. The van der Waals surface area contributed by atoms with E-state index in [1.165, 1.54) is 5.56 Å². The van der Waals surface area contributed by atoms with Crippen molar-refractivity contribution in [3.05, 3.63) is 69.7 Å². The summed E-state index contributed by atoms with van der Waals surface area (Å²) in [6, 6.07) is 13.3. The van der Waals surface area contributed by atoms with E-state index in [1.807, 2.05) is 37.3 Å². The highest BCUT2D eigenvalue weighted by atomic mass is 35.5. The van der Waals surface area contributed by atoms with E-state index in [-0.39, 0.29) is 11.0 Å². The van der Waals surface area contributed by atoms with Crippen LogP contribution in [0.2, 0.25) is 5.02 Å². The predicted molar refractivity (Wildman–Crippen MR) is 96.8 cm³/mol. The van der Waals surface area contributed by atoms with Gasteiger partial charge >= 0.3 is 5.97 Å². The van der Waals surface area contributed by atoms with Crippen molar-refractivity contribution in [2.75, 3.05) is 0 Å². The Labute approximate surface area is 142 Å². The molecule has 0 amide bonds. The molecule has 0 aliphatic heterocycles. The molecule has 0 radical (unpaired) electrons. The average Bonchev–Trinajstić information content (AvgIpc) is 2.47. The minimum absolute atomic E-state index is 0.0718. The number of hydrogen-bond acceptors (Lipinski definition) is 1. The Kier molecular flexibility index (Phi) is 4.96. The van der Waals surface area contributed by atoms with Crippen LogP contribution in [0.1, 0.15) is 43.0 Å². The molecule has 2 nitrogen and oxygen atoms in total. The third kappa shape index (κ3) is 4.23. The van der Waals surface area contributed by atoms with Crippen molar-refractivity contribution in [2.24, 2.45) is 0 Å². The summed E-state index contributed by atoms with van der Waals surface area (Å²) >= 11 is 6.12. The van der Waals surface area contributed by atoms with Crippen molar-refractivity contribution in [3.8, 4) is 0 Å². The van der Waals surface area contributed by atoms with Gasteiger partial charge in [0, 0.05) is 5.02 Å². The molecular formula is C20H21ClO2. The van der Waals surface area contributed by atoms with Crippen LogP contribution in [0, 0.1) is 6.92 Å². The largest absolute Gasteiger partial charge is 0.478 e. The molecule has 2 aromatic rings. The Morgan fingerprint density at radius 3 is 2.17 bits per heavy atom. The van der Waals surface area contributed by atoms with Gasteiger partial charge in [-0.2, -0.15) is 0 Å². The lowest BCUT2D eigenvalue weighted by Crippen LogP contribution is -2.10. The second-order valence-corrected chi connectivity index (χ2v) is 7.11. The van der Waals surface area contributed by atoms with Gasteiger partial charge in [0.05, 0.1) is 5.57 Å². The number of carboxylic acid groups (broad SMARTS) is 1. The fourth-order valence-electron chi connectivity index (χ4n) is 2.27. The molecule has 23 heavy (non-hydrogen) atoms. The van der Waals surface area contributed by atoms with Crippen LogP contribution in [0.5, 0.6) is 0 Å². The highest BCUT2D eigenvalue weighted by Crippen LogP contribution is 2.26. The molecule has 120 valence electrons. The zero-order valence-electron chi connectivity index (χ0n) is 13.9. The monoisotopic (exact) mass is 328 g/mol. The van der Waals surface area contributed by atoms with Crippen LogP contribution in [-0.2, 0) is 10.2 Å². The third-order valence-corrected chi connectivity index (χ3v) is 4.21. The van der Waals surface area contributed by atoms with Gasteiger partial charge in [-0.05, 0) is 46.7 Å². The molecule has 0 saturated carbocycles. The summed E-state index contributed by atoms with van der Waals surface area (Å²) in [4.78, 5) is 11.6. The van der Waals surface area contributed by atoms with E-state index in [0.717, 1.165) is 11.1 Å². The predicted octanol–water partition coefficient (Wildman–Crippen LogP) is 5.57. The Hall–Kier alpha value is -2.06. The molecule has 0 aliphatic rings. The van der Waals surface area contributed by atoms with Gasteiger partial charge in [-0.15, -0.1) is 0 Å². The first kappa shape index (κ1) is 17.3. The maximum absolute atomic E-state index is 11.6. The minimum Gasteiger partial charge on any atom is -0.478 e. The van der Waals surface area contributed by atoms with Gasteiger partial charge in [-0.3, -0.25) is 0 Å². The quantitative estimate of drug-likeness (QED) is 0.590. The number of aryl methyl sites for hydroxylation is 1. The second-order valence-electron chi connectivity index (χ2n) is 6.70. The van der Waals surface area contributed by atoms with E-state index in [4.69, 9.17) is 11.6 Å². The van der Waals surface area contributed by atoms with Crippen molar-refractivity contribution >= 4 is 29.2 Å². The average molecular weight is 329 g/mol. The molecule has 0 spiro atoms. The lowest BCUT2D eigenvalue weighted by molar-refractivity contribution is -0.130. The molecular weight excluding hydrogens is 308 g/mol. The molecule has 0 aromatic heterocycles. The van der Waals surface area contributed by atoms with Crippen molar-refractivity contribution in [3.63, 3.8) is 0 Å². The van der Waals surface area contributed by atoms with E-state index in [9.17, 15) is 9.90 Å². The van der Waals surface area contributed by atoms with Gasteiger partial charge in [0.25, 0.3) is 0 Å². The van der Waals surface area contributed by atoms with Gasteiger partial charge in [0.1, 0.15) is 0 Å². The molecule has 1 N–H and O–H groups in total. The molecule has 3 heteroatoms. The fraction of sp³-hybridized carbons (Fsp3) is 0.250. The van der Waals surface area contributed by atoms with E-state index >= 15 is 0 Å². The van der Waals surface area contributed by atoms with Crippen molar-refractivity contribution in [1.82, 2.24) is 0 Å². The van der Waals surface area contributed by atoms with Crippen LogP contribution in [0.3, 0.4) is 0 Å². The van der Waals surface area contributed by atoms with E-state index in [1.54, 1.807) is 18.2 Å². The fourth-order valence-corrected chi connectivity index (χ4v) is 2.46. The van der Waals surface area contributed by atoms with E-state index in [0.29, 0.717) is 10.6 Å². The number of aliphatic carboxylic acids is 1. The maximum Gasteiger partial charge on any atom is 0.336 e. The normalized spacial score (nSPS) is 12.3. The molecule has 0 fully saturated rings. The first-order valence-electron chi connectivity index (χ1n) is 7.50. The highest BCUT2D eigenvalue weighted by molar-refractivity contribution is 6.32. The Bertz CT molecular complexity index is 750. The standard InChI is InChI=1S/C20H21ClO2/c1-13-5-8-15(12-18(13)21)17(19(22)23)11-14-6-9-16(10-7-14)20(2,3)4/h5-12H,1-4H3,(H,22,23)/b17-11-. The highest BCUT2D eigenvalue weighted by Gasteiger charge is 2.14. The van der Waals surface area contributed by atoms with Gasteiger partial charge in [-0.25, -0.2) is 4.79 Å². The number of carbonyl (C=O) groups is 1. The molecule has 2 rings (SSSR count). The van der Waals surface area contributed by atoms with Crippen molar-refractivity contribution < 1.29 is 9.90 Å². The summed E-state index contributed by atoms with van der Waals surface area (Å²) in [5.74, 6) is -0.968. The summed E-state index contributed by atoms with van der Waals surface area (Å²) in [5, 5.41) is 10.1. The minimum atomic E-state index is -0.968. The Morgan fingerprint density at radius 1 is 1.09 bits per heavy atom. The summed E-state index contributed by atoms with van der Waals surface area (Å²) in [7, 11) is 0. The van der Waals surface area contributed by atoms with Crippen LogP contribution >= 0.6 is 11.6 Å². The topological polar surface area (TPSA) is 37.3 Å². The molecule has 0 heterocycles. The van der Waals surface area contributed by atoms with Crippen LogP contribution < -0.4 is 0 Å². The summed E-state index contributed by atoms with van der Waals surface area (Å²) < 4.78 is 0. The smallest absolute Gasteiger partial charge is 0.336 e. The first-order chi connectivity index (χ1) is 10.7. The molecule has 0 atom stereocenters. The van der Waals surface area contributed by atoms with Crippen molar-refractivity contribution in [2.45, 2.75) is 33.1 Å². The lowest BCUT2D eigenvalue weighted by atomic mass is 9.86. The molecule has 2 aromatic carbocycles. The number of rotatable bonds is 3. The van der Waals surface area contributed by atoms with Gasteiger partial charge in [0.2, 0.25) is 0 Å². The molecule has 0 bridgehead atoms. The summed E-state index contributed by atoms with van der Waals surface area (Å²) in [6.07, 6.45) is 1.68. The SMILES string of the molecule is Cc1ccc(/C(=C/c2ccc(C(C)(C)C)cc2)C(=O)O)cc1Cl. The zero-order valence-corrected chi connectivity index (χ0v) is 14.6. The summed E-state index contributed by atoms with van der Waals surface area (Å²) in [6.45, 7) is 8.33. The van der Waals surface area contributed by atoms with Crippen LogP contribution in [0.15, 0.2) is 42.5 Å². The van der Waals surface area contributed by atoms with Gasteiger partial charge < -0.3 is 5.11 Å². The number of benzene rings is 2. The van der Waals surface area contributed by atoms with E-state index in [2.05, 4.69) is 20.8 Å². The van der Waals surface area contributed by atoms with Crippen LogP contribution in [0.25, 0.3) is 11.6 Å².